The SMILES string of the molecule is O=C(O)c1ccc(CNCCCN2CCOCC2)s1. The van der Waals surface area contributed by atoms with Gasteiger partial charge in [-0.1, -0.05) is 0 Å². The summed E-state index contributed by atoms with van der Waals surface area (Å²) in [6.45, 7) is 6.57. The van der Waals surface area contributed by atoms with E-state index in [-0.39, 0.29) is 0 Å². The topological polar surface area (TPSA) is 61.8 Å². The van der Waals surface area contributed by atoms with Crippen LogP contribution in [0.5, 0.6) is 0 Å². The zero-order valence-electron chi connectivity index (χ0n) is 10.9. The first kappa shape index (κ1) is 14.5. The van der Waals surface area contributed by atoms with Crippen LogP contribution < -0.4 is 5.32 Å². The van der Waals surface area contributed by atoms with Crippen LogP contribution in [0.25, 0.3) is 0 Å². The molecule has 0 amide bonds. The second-order valence-corrected chi connectivity index (χ2v) is 5.72. The highest BCUT2D eigenvalue weighted by Crippen LogP contribution is 2.15. The third-order valence-corrected chi connectivity index (χ3v) is 4.18. The Morgan fingerprint density at radius 2 is 2.21 bits per heavy atom. The maximum absolute atomic E-state index is 10.7. The van der Waals surface area contributed by atoms with Gasteiger partial charge in [0.25, 0.3) is 0 Å². The summed E-state index contributed by atoms with van der Waals surface area (Å²) in [7, 11) is 0. The van der Waals surface area contributed by atoms with Crippen molar-refractivity contribution < 1.29 is 14.6 Å². The molecule has 2 heterocycles. The number of carboxylic acid groups (broad SMARTS) is 1. The van der Waals surface area contributed by atoms with E-state index in [1.165, 1.54) is 11.3 Å². The molecule has 2 N–H and O–H groups in total. The number of nitrogens with zero attached hydrogens (tertiary/aromatic N) is 1. The molecule has 0 radical (unpaired) electrons. The summed E-state index contributed by atoms with van der Waals surface area (Å²) in [5.41, 5.74) is 0. The van der Waals surface area contributed by atoms with E-state index in [2.05, 4.69) is 10.2 Å². The number of hydrogen-bond acceptors (Lipinski definition) is 5. The van der Waals surface area contributed by atoms with Crippen LogP contribution in [0.3, 0.4) is 0 Å². The van der Waals surface area contributed by atoms with Gasteiger partial charge >= 0.3 is 5.97 Å². The van der Waals surface area contributed by atoms with Crippen LogP contribution in [0.15, 0.2) is 12.1 Å². The van der Waals surface area contributed by atoms with Crippen molar-refractivity contribution in [2.75, 3.05) is 39.4 Å². The summed E-state index contributed by atoms with van der Waals surface area (Å²) in [4.78, 5) is 14.6. The molecule has 1 aliphatic heterocycles. The van der Waals surface area contributed by atoms with Gasteiger partial charge in [-0.3, -0.25) is 4.90 Å². The van der Waals surface area contributed by atoms with Crippen LogP contribution in [0.4, 0.5) is 0 Å². The summed E-state index contributed by atoms with van der Waals surface area (Å²) in [5.74, 6) is -0.844. The average Bonchev–Trinajstić information content (AvgIpc) is 2.89. The molecule has 0 saturated carbocycles. The smallest absolute Gasteiger partial charge is 0.345 e. The molecule has 1 fully saturated rings. The highest BCUT2D eigenvalue weighted by atomic mass is 32.1. The number of carbonyl (C=O) groups is 1. The molecule has 6 heteroatoms. The molecule has 106 valence electrons. The number of hydrogen-bond donors (Lipinski definition) is 2. The molecular weight excluding hydrogens is 264 g/mol. The quantitative estimate of drug-likeness (QED) is 0.738. The van der Waals surface area contributed by atoms with Gasteiger partial charge in [-0.25, -0.2) is 4.79 Å². The van der Waals surface area contributed by atoms with E-state index < -0.39 is 5.97 Å². The standard InChI is InChI=1S/C13H20N2O3S/c16-13(17)12-3-2-11(19-12)10-14-4-1-5-15-6-8-18-9-7-15/h2-3,14H,1,4-10H2,(H,16,17). The Balaban J connectivity index is 1.57. The third-order valence-electron chi connectivity index (χ3n) is 3.10. The van der Waals surface area contributed by atoms with Crippen molar-refractivity contribution in [3.8, 4) is 0 Å². The highest BCUT2D eigenvalue weighted by molar-refractivity contribution is 7.13. The molecule has 0 aromatic carbocycles. The predicted molar refractivity (Wildman–Crippen MR) is 74.9 cm³/mol. The summed E-state index contributed by atoms with van der Waals surface area (Å²) >= 11 is 1.34. The highest BCUT2D eigenvalue weighted by Gasteiger charge is 2.09. The molecule has 0 atom stereocenters. The lowest BCUT2D eigenvalue weighted by Crippen LogP contribution is -2.37. The zero-order valence-corrected chi connectivity index (χ0v) is 11.7. The van der Waals surface area contributed by atoms with Gasteiger partial charge in [-0.15, -0.1) is 11.3 Å². The number of thiophene rings is 1. The van der Waals surface area contributed by atoms with Crippen LogP contribution >= 0.6 is 11.3 Å². The number of morpholine rings is 1. The summed E-state index contributed by atoms with van der Waals surface area (Å²) in [6.07, 6.45) is 1.11. The number of rotatable bonds is 7. The minimum absolute atomic E-state index is 0.408. The third kappa shape index (κ3) is 4.91. The first-order chi connectivity index (χ1) is 9.25. The number of aromatic carboxylic acids is 1. The molecule has 1 saturated heterocycles. The average molecular weight is 284 g/mol. The minimum atomic E-state index is -0.844. The van der Waals surface area contributed by atoms with E-state index in [9.17, 15) is 4.79 Å². The summed E-state index contributed by atoms with van der Waals surface area (Å²) in [6, 6.07) is 3.54. The molecule has 19 heavy (non-hydrogen) atoms. The van der Waals surface area contributed by atoms with Gasteiger partial charge in [0.1, 0.15) is 4.88 Å². The lowest BCUT2D eigenvalue weighted by Gasteiger charge is -2.26. The fourth-order valence-corrected chi connectivity index (χ4v) is 2.87. The first-order valence-corrected chi connectivity index (χ1v) is 7.40. The van der Waals surface area contributed by atoms with Crippen LogP contribution in [-0.2, 0) is 11.3 Å². The molecule has 0 aliphatic carbocycles. The largest absolute Gasteiger partial charge is 0.477 e. The summed E-state index contributed by atoms with van der Waals surface area (Å²) < 4.78 is 5.30. The van der Waals surface area contributed by atoms with Crippen molar-refractivity contribution in [1.82, 2.24) is 10.2 Å². The molecule has 1 aromatic heterocycles. The first-order valence-electron chi connectivity index (χ1n) is 6.58. The fraction of sp³-hybridized carbons (Fsp3) is 0.615. The normalized spacial score (nSPS) is 16.6. The Morgan fingerprint density at radius 3 is 2.89 bits per heavy atom. The molecule has 0 unspecified atom stereocenters. The number of carboxylic acids is 1. The number of nitrogens with one attached hydrogen (secondary N) is 1. The second kappa shape index (κ2) is 7.59. The van der Waals surface area contributed by atoms with E-state index in [0.717, 1.165) is 57.2 Å². The molecule has 5 nitrogen and oxygen atoms in total. The van der Waals surface area contributed by atoms with E-state index >= 15 is 0 Å². The van der Waals surface area contributed by atoms with Crippen molar-refractivity contribution in [3.05, 3.63) is 21.9 Å². The lowest BCUT2D eigenvalue weighted by molar-refractivity contribution is 0.0374. The minimum Gasteiger partial charge on any atom is -0.477 e. The van der Waals surface area contributed by atoms with Crippen LogP contribution in [0.2, 0.25) is 0 Å². The van der Waals surface area contributed by atoms with Crippen LogP contribution in [-0.4, -0.2) is 55.4 Å². The van der Waals surface area contributed by atoms with E-state index in [1.54, 1.807) is 6.07 Å². The van der Waals surface area contributed by atoms with Gasteiger partial charge in [0, 0.05) is 24.5 Å². The maximum atomic E-state index is 10.7. The fourth-order valence-electron chi connectivity index (χ4n) is 2.05. The number of ether oxygens (including phenoxy) is 1. The molecule has 1 aromatic rings. The molecule has 2 rings (SSSR count). The Labute approximate surface area is 117 Å². The van der Waals surface area contributed by atoms with Crippen molar-refractivity contribution in [3.63, 3.8) is 0 Å². The molecule has 0 spiro atoms. The van der Waals surface area contributed by atoms with E-state index in [0.29, 0.717) is 4.88 Å². The van der Waals surface area contributed by atoms with Crippen LogP contribution in [0.1, 0.15) is 21.0 Å². The summed E-state index contributed by atoms with van der Waals surface area (Å²) in [5, 5.41) is 12.2. The maximum Gasteiger partial charge on any atom is 0.345 e. The van der Waals surface area contributed by atoms with Crippen molar-refractivity contribution >= 4 is 17.3 Å². The Bertz CT molecular complexity index is 402. The van der Waals surface area contributed by atoms with E-state index in [4.69, 9.17) is 9.84 Å². The van der Waals surface area contributed by atoms with Crippen molar-refractivity contribution in [2.45, 2.75) is 13.0 Å². The Hall–Kier alpha value is -0.950. The van der Waals surface area contributed by atoms with Crippen molar-refractivity contribution in [1.29, 1.82) is 0 Å². The lowest BCUT2D eigenvalue weighted by atomic mass is 10.3. The zero-order chi connectivity index (χ0) is 13.5. The molecule has 1 aliphatic rings. The second-order valence-electron chi connectivity index (χ2n) is 4.56. The van der Waals surface area contributed by atoms with Gasteiger partial charge in [0.15, 0.2) is 0 Å². The Kier molecular flexibility index (Phi) is 5.78. The van der Waals surface area contributed by atoms with Crippen molar-refractivity contribution in [2.24, 2.45) is 0 Å². The van der Waals surface area contributed by atoms with E-state index in [1.807, 2.05) is 6.07 Å². The van der Waals surface area contributed by atoms with Crippen LogP contribution in [0, 0.1) is 0 Å². The monoisotopic (exact) mass is 284 g/mol. The van der Waals surface area contributed by atoms with Gasteiger partial charge in [0.05, 0.1) is 13.2 Å². The predicted octanol–water partition coefficient (Wildman–Crippen LogP) is 1.26. The molecular formula is C13H20N2O3S. The van der Waals surface area contributed by atoms with Gasteiger partial charge in [0.2, 0.25) is 0 Å². The van der Waals surface area contributed by atoms with Gasteiger partial charge in [-0.05, 0) is 31.6 Å². The molecule has 0 bridgehead atoms. The van der Waals surface area contributed by atoms with Gasteiger partial charge in [-0.2, -0.15) is 0 Å². The Morgan fingerprint density at radius 1 is 1.42 bits per heavy atom. The van der Waals surface area contributed by atoms with Gasteiger partial charge < -0.3 is 15.2 Å².